The quantitative estimate of drug-likeness (QED) is 0.735. The SMILES string of the molecule is N#Cc1ccc(Cl)c(NCc2csc3ccccc23)c1. The number of rotatable bonds is 3. The van der Waals surface area contributed by atoms with Gasteiger partial charge in [0.1, 0.15) is 0 Å². The van der Waals surface area contributed by atoms with Crippen LogP contribution in [-0.4, -0.2) is 0 Å². The molecular formula is C16H11ClN2S. The Morgan fingerprint density at radius 3 is 2.90 bits per heavy atom. The number of benzene rings is 2. The standard InChI is InChI=1S/C16H11ClN2S/c17-14-6-5-11(8-18)7-15(14)19-9-12-10-20-16-4-2-1-3-13(12)16/h1-7,10,19H,9H2. The highest BCUT2D eigenvalue weighted by Gasteiger charge is 2.05. The Kier molecular flexibility index (Phi) is 3.60. The highest BCUT2D eigenvalue weighted by Crippen LogP contribution is 2.28. The minimum atomic E-state index is 0.604. The Bertz CT molecular complexity index is 802. The van der Waals surface area contributed by atoms with Crippen LogP contribution in [0.25, 0.3) is 10.1 Å². The third kappa shape index (κ3) is 2.49. The average Bonchev–Trinajstić information content (AvgIpc) is 2.90. The number of hydrogen-bond donors (Lipinski definition) is 1. The van der Waals surface area contributed by atoms with Crippen molar-refractivity contribution in [3.63, 3.8) is 0 Å². The fourth-order valence-electron chi connectivity index (χ4n) is 2.09. The van der Waals surface area contributed by atoms with Crippen LogP contribution in [-0.2, 0) is 6.54 Å². The number of nitriles is 1. The Morgan fingerprint density at radius 1 is 1.20 bits per heavy atom. The molecule has 0 unspecified atom stereocenters. The van der Waals surface area contributed by atoms with Crippen LogP contribution in [0.15, 0.2) is 47.8 Å². The topological polar surface area (TPSA) is 35.8 Å². The van der Waals surface area contributed by atoms with Crippen molar-refractivity contribution in [1.29, 1.82) is 5.26 Å². The van der Waals surface area contributed by atoms with Crippen LogP contribution in [0.4, 0.5) is 5.69 Å². The second-order valence-corrected chi connectivity index (χ2v) is 5.74. The molecule has 20 heavy (non-hydrogen) atoms. The zero-order valence-electron chi connectivity index (χ0n) is 10.6. The van der Waals surface area contributed by atoms with Crippen LogP contribution in [0.5, 0.6) is 0 Å². The normalized spacial score (nSPS) is 10.4. The highest BCUT2D eigenvalue weighted by molar-refractivity contribution is 7.17. The largest absolute Gasteiger partial charge is 0.380 e. The first-order valence-corrected chi connectivity index (χ1v) is 7.42. The van der Waals surface area contributed by atoms with E-state index in [0.717, 1.165) is 5.69 Å². The fourth-order valence-corrected chi connectivity index (χ4v) is 3.24. The monoisotopic (exact) mass is 298 g/mol. The molecule has 0 fully saturated rings. The summed E-state index contributed by atoms with van der Waals surface area (Å²) in [6.07, 6.45) is 0. The van der Waals surface area contributed by atoms with Crippen LogP contribution in [0.1, 0.15) is 11.1 Å². The molecule has 0 bridgehead atoms. The van der Waals surface area contributed by atoms with E-state index in [0.29, 0.717) is 17.1 Å². The van der Waals surface area contributed by atoms with Gasteiger partial charge in [-0.2, -0.15) is 5.26 Å². The molecule has 3 rings (SSSR count). The maximum absolute atomic E-state index is 8.93. The molecule has 0 aliphatic heterocycles. The van der Waals surface area contributed by atoms with Gasteiger partial charge in [0, 0.05) is 11.2 Å². The van der Waals surface area contributed by atoms with E-state index in [-0.39, 0.29) is 0 Å². The third-order valence-electron chi connectivity index (χ3n) is 3.13. The Morgan fingerprint density at radius 2 is 2.05 bits per heavy atom. The van der Waals surface area contributed by atoms with E-state index in [9.17, 15) is 0 Å². The lowest BCUT2D eigenvalue weighted by Crippen LogP contribution is -1.99. The van der Waals surface area contributed by atoms with Crippen LogP contribution in [0.3, 0.4) is 0 Å². The lowest BCUT2D eigenvalue weighted by atomic mass is 10.1. The van der Waals surface area contributed by atoms with E-state index in [1.54, 1.807) is 29.5 Å². The maximum Gasteiger partial charge on any atom is 0.0992 e. The van der Waals surface area contributed by atoms with Gasteiger partial charge < -0.3 is 5.32 Å². The molecule has 98 valence electrons. The molecule has 0 radical (unpaired) electrons. The number of thiophene rings is 1. The van der Waals surface area contributed by atoms with Crippen molar-refractivity contribution >= 4 is 38.7 Å². The van der Waals surface area contributed by atoms with Gasteiger partial charge in [-0.25, -0.2) is 0 Å². The van der Waals surface area contributed by atoms with Gasteiger partial charge in [-0.1, -0.05) is 29.8 Å². The summed E-state index contributed by atoms with van der Waals surface area (Å²) < 4.78 is 1.28. The van der Waals surface area contributed by atoms with Gasteiger partial charge in [-0.15, -0.1) is 11.3 Å². The summed E-state index contributed by atoms with van der Waals surface area (Å²) in [7, 11) is 0. The molecule has 1 N–H and O–H groups in total. The summed E-state index contributed by atoms with van der Waals surface area (Å²) in [5, 5.41) is 16.3. The van der Waals surface area contributed by atoms with Crippen molar-refractivity contribution in [1.82, 2.24) is 0 Å². The second kappa shape index (κ2) is 5.54. The van der Waals surface area contributed by atoms with E-state index in [1.165, 1.54) is 15.6 Å². The third-order valence-corrected chi connectivity index (χ3v) is 4.47. The number of halogens is 1. The summed E-state index contributed by atoms with van der Waals surface area (Å²) in [6, 6.07) is 15.7. The van der Waals surface area contributed by atoms with Crippen LogP contribution in [0, 0.1) is 11.3 Å². The first kappa shape index (κ1) is 13.0. The van der Waals surface area contributed by atoms with Crippen molar-refractivity contribution in [2.45, 2.75) is 6.54 Å². The molecule has 0 aliphatic carbocycles. The average molecular weight is 299 g/mol. The Labute approximate surface area is 126 Å². The summed E-state index contributed by atoms with van der Waals surface area (Å²) in [4.78, 5) is 0. The Balaban J connectivity index is 1.85. The molecule has 0 saturated heterocycles. The van der Waals surface area contributed by atoms with Gasteiger partial charge in [-0.3, -0.25) is 0 Å². The molecule has 0 aliphatic rings. The van der Waals surface area contributed by atoms with E-state index >= 15 is 0 Å². The minimum Gasteiger partial charge on any atom is -0.380 e. The molecule has 0 saturated carbocycles. The fraction of sp³-hybridized carbons (Fsp3) is 0.0625. The van der Waals surface area contributed by atoms with E-state index in [4.69, 9.17) is 16.9 Å². The molecule has 3 aromatic rings. The van der Waals surface area contributed by atoms with Crippen molar-refractivity contribution in [3.05, 3.63) is 64.0 Å². The summed E-state index contributed by atoms with van der Waals surface area (Å²) in [5.41, 5.74) is 2.64. The van der Waals surface area contributed by atoms with E-state index < -0.39 is 0 Å². The van der Waals surface area contributed by atoms with Gasteiger partial charge >= 0.3 is 0 Å². The lowest BCUT2D eigenvalue weighted by Gasteiger charge is -2.08. The molecule has 2 aromatic carbocycles. The zero-order valence-corrected chi connectivity index (χ0v) is 12.1. The summed E-state index contributed by atoms with van der Waals surface area (Å²) in [6.45, 7) is 0.693. The molecule has 1 heterocycles. The molecule has 0 spiro atoms. The molecule has 2 nitrogen and oxygen atoms in total. The number of fused-ring (bicyclic) bond motifs is 1. The number of hydrogen-bond acceptors (Lipinski definition) is 3. The molecule has 0 atom stereocenters. The summed E-state index contributed by atoms with van der Waals surface area (Å²) in [5.74, 6) is 0. The van der Waals surface area contributed by atoms with Crippen LogP contribution in [0.2, 0.25) is 5.02 Å². The van der Waals surface area contributed by atoms with E-state index in [1.807, 2.05) is 12.1 Å². The molecule has 0 amide bonds. The minimum absolute atomic E-state index is 0.604. The van der Waals surface area contributed by atoms with Gasteiger partial charge in [0.25, 0.3) is 0 Å². The predicted octanol–water partition coefficient (Wildman–Crippen LogP) is 5.04. The lowest BCUT2D eigenvalue weighted by molar-refractivity contribution is 1.18. The predicted molar refractivity (Wildman–Crippen MR) is 85.3 cm³/mol. The van der Waals surface area contributed by atoms with Crippen molar-refractivity contribution in [2.24, 2.45) is 0 Å². The van der Waals surface area contributed by atoms with Gasteiger partial charge in [0.15, 0.2) is 0 Å². The van der Waals surface area contributed by atoms with Crippen molar-refractivity contribution in [2.75, 3.05) is 5.32 Å². The van der Waals surface area contributed by atoms with Gasteiger partial charge in [0.2, 0.25) is 0 Å². The van der Waals surface area contributed by atoms with Gasteiger partial charge in [-0.05, 0) is 40.6 Å². The second-order valence-electron chi connectivity index (χ2n) is 4.42. The van der Waals surface area contributed by atoms with Crippen molar-refractivity contribution < 1.29 is 0 Å². The van der Waals surface area contributed by atoms with E-state index in [2.05, 4.69) is 28.9 Å². The first-order valence-electron chi connectivity index (χ1n) is 6.16. The van der Waals surface area contributed by atoms with Crippen molar-refractivity contribution in [3.8, 4) is 6.07 Å². The smallest absolute Gasteiger partial charge is 0.0992 e. The highest BCUT2D eigenvalue weighted by atomic mass is 35.5. The maximum atomic E-state index is 8.93. The Hall–Kier alpha value is -2.02. The van der Waals surface area contributed by atoms with Crippen LogP contribution < -0.4 is 5.32 Å². The first-order chi connectivity index (χ1) is 9.78. The zero-order chi connectivity index (χ0) is 13.9. The van der Waals surface area contributed by atoms with Gasteiger partial charge in [0.05, 0.1) is 22.3 Å². The molecular weight excluding hydrogens is 288 g/mol. The molecule has 1 aromatic heterocycles. The summed E-state index contributed by atoms with van der Waals surface area (Å²) >= 11 is 7.88. The number of nitrogens with zero attached hydrogens (tertiary/aromatic N) is 1. The molecule has 4 heteroatoms. The number of nitrogens with one attached hydrogen (secondary N) is 1. The van der Waals surface area contributed by atoms with Crippen LogP contribution >= 0.6 is 22.9 Å². The number of anilines is 1.